The molecule has 1 aliphatic heterocycles. The SMILES string of the molecule is C=C.CCC12CCC3C4CCC(=O)C=C4CCC3C1CC[C@@]21C=CCO1. The van der Waals surface area contributed by atoms with Crippen LogP contribution in [0.3, 0.4) is 0 Å². The van der Waals surface area contributed by atoms with Gasteiger partial charge in [0, 0.05) is 11.8 Å². The number of allylic oxidation sites excluding steroid dienone is 1. The lowest BCUT2D eigenvalue weighted by Gasteiger charge is -2.56. The van der Waals surface area contributed by atoms with Gasteiger partial charge >= 0.3 is 0 Å². The minimum Gasteiger partial charge on any atom is -0.366 e. The van der Waals surface area contributed by atoms with E-state index in [9.17, 15) is 4.79 Å². The van der Waals surface area contributed by atoms with Crippen molar-refractivity contribution < 1.29 is 9.53 Å². The summed E-state index contributed by atoms with van der Waals surface area (Å²) >= 11 is 0. The molecule has 0 bridgehead atoms. The van der Waals surface area contributed by atoms with E-state index in [4.69, 9.17) is 4.74 Å². The lowest BCUT2D eigenvalue weighted by molar-refractivity contribution is -0.124. The standard InChI is InChI=1S/C22H30O2.C2H4/c1-2-21-11-8-18-17-7-5-16(23)14-15(17)4-6-19(18)20(21)9-12-22(21)10-3-13-24-22;1-2/h3,10,14,17-20H,2,4-9,11-13H2,1H3;1-2H2/t17?,18?,19?,20?,21?,22-;/m0./s1. The van der Waals surface area contributed by atoms with Gasteiger partial charge in [-0.25, -0.2) is 0 Å². The summed E-state index contributed by atoms with van der Waals surface area (Å²) in [6.07, 6.45) is 17.6. The van der Waals surface area contributed by atoms with Crippen molar-refractivity contribution >= 4 is 5.78 Å². The van der Waals surface area contributed by atoms with Gasteiger partial charge < -0.3 is 4.74 Å². The second-order valence-corrected chi connectivity index (χ2v) is 8.99. The molecule has 0 aromatic carbocycles. The van der Waals surface area contributed by atoms with Gasteiger partial charge in [0.25, 0.3) is 0 Å². The van der Waals surface area contributed by atoms with Crippen LogP contribution in [0.25, 0.3) is 0 Å². The van der Waals surface area contributed by atoms with Gasteiger partial charge in [0.1, 0.15) is 0 Å². The first kappa shape index (κ1) is 18.2. The molecular weight excluding hydrogens is 320 g/mol. The van der Waals surface area contributed by atoms with Gasteiger partial charge in [-0.1, -0.05) is 24.6 Å². The van der Waals surface area contributed by atoms with E-state index in [1.54, 1.807) is 0 Å². The maximum Gasteiger partial charge on any atom is 0.155 e. The van der Waals surface area contributed by atoms with Crippen molar-refractivity contribution in [2.75, 3.05) is 6.61 Å². The molecule has 5 aliphatic rings. The zero-order valence-corrected chi connectivity index (χ0v) is 16.3. The zero-order chi connectivity index (χ0) is 18.4. The van der Waals surface area contributed by atoms with E-state index >= 15 is 0 Å². The van der Waals surface area contributed by atoms with E-state index in [1.165, 1.54) is 50.5 Å². The summed E-state index contributed by atoms with van der Waals surface area (Å²) in [6, 6.07) is 0. The zero-order valence-electron chi connectivity index (χ0n) is 16.3. The van der Waals surface area contributed by atoms with Crippen LogP contribution in [0.2, 0.25) is 0 Å². The van der Waals surface area contributed by atoms with Crippen LogP contribution in [-0.4, -0.2) is 18.0 Å². The highest BCUT2D eigenvalue weighted by atomic mass is 16.5. The average Bonchev–Trinajstić information content (AvgIpc) is 3.29. The summed E-state index contributed by atoms with van der Waals surface area (Å²) in [5, 5.41) is 0. The van der Waals surface area contributed by atoms with Crippen molar-refractivity contribution in [1.29, 1.82) is 0 Å². The molecule has 26 heavy (non-hydrogen) atoms. The van der Waals surface area contributed by atoms with Gasteiger partial charge in [0.2, 0.25) is 0 Å². The van der Waals surface area contributed by atoms with Crippen molar-refractivity contribution in [2.24, 2.45) is 29.1 Å². The molecule has 0 aromatic rings. The molecule has 142 valence electrons. The molecule has 4 aliphatic carbocycles. The highest BCUT2D eigenvalue weighted by Crippen LogP contribution is 2.68. The Labute approximate surface area is 158 Å². The van der Waals surface area contributed by atoms with Gasteiger partial charge in [-0.15, -0.1) is 13.2 Å². The second-order valence-electron chi connectivity index (χ2n) is 8.99. The lowest BCUT2D eigenvalue weighted by atomic mass is 9.49. The summed E-state index contributed by atoms with van der Waals surface area (Å²) in [4.78, 5) is 11.8. The van der Waals surface area contributed by atoms with E-state index in [2.05, 4.69) is 32.2 Å². The smallest absolute Gasteiger partial charge is 0.155 e. The number of hydrogen-bond donors (Lipinski definition) is 0. The molecule has 1 heterocycles. The highest BCUT2D eigenvalue weighted by Gasteiger charge is 2.64. The molecule has 1 spiro atoms. The Hall–Kier alpha value is -1.15. The Morgan fingerprint density at radius 2 is 1.96 bits per heavy atom. The molecule has 0 N–H and O–H groups in total. The summed E-state index contributed by atoms with van der Waals surface area (Å²) in [7, 11) is 0. The van der Waals surface area contributed by atoms with Crippen LogP contribution in [0.4, 0.5) is 0 Å². The van der Waals surface area contributed by atoms with Crippen molar-refractivity contribution in [1.82, 2.24) is 0 Å². The average molecular weight is 355 g/mol. The summed E-state index contributed by atoms with van der Waals surface area (Å²) in [6.45, 7) is 9.23. The number of ether oxygens (including phenoxy) is 1. The summed E-state index contributed by atoms with van der Waals surface area (Å²) in [5.41, 5.74) is 1.93. The normalized spacial score (nSPS) is 46.0. The third-order valence-electron chi connectivity index (χ3n) is 8.63. The van der Waals surface area contributed by atoms with Crippen LogP contribution < -0.4 is 0 Å². The van der Waals surface area contributed by atoms with E-state index in [1.807, 2.05) is 6.08 Å². The van der Waals surface area contributed by atoms with Crippen LogP contribution in [0.1, 0.15) is 64.7 Å². The molecule has 2 heteroatoms. The minimum absolute atomic E-state index is 0.0516. The minimum atomic E-state index is 0.0516. The van der Waals surface area contributed by atoms with Crippen molar-refractivity contribution in [3.63, 3.8) is 0 Å². The fraction of sp³-hybridized carbons (Fsp3) is 0.708. The Bertz CT molecular complexity index is 632. The number of rotatable bonds is 1. The van der Waals surface area contributed by atoms with Crippen molar-refractivity contribution in [3.8, 4) is 0 Å². The van der Waals surface area contributed by atoms with Crippen LogP contribution in [-0.2, 0) is 9.53 Å². The number of carbonyl (C=O) groups is 1. The Kier molecular flexibility index (Phi) is 4.75. The van der Waals surface area contributed by atoms with Crippen LogP contribution in [0.5, 0.6) is 0 Å². The van der Waals surface area contributed by atoms with Crippen LogP contribution in [0.15, 0.2) is 37.0 Å². The first-order valence-electron chi connectivity index (χ1n) is 10.7. The Morgan fingerprint density at radius 3 is 2.69 bits per heavy atom. The molecule has 3 saturated carbocycles. The molecule has 0 aromatic heterocycles. The second kappa shape index (κ2) is 6.78. The molecule has 3 fully saturated rings. The molecule has 5 unspecified atom stereocenters. The van der Waals surface area contributed by atoms with Gasteiger partial charge in [-0.05, 0) is 81.1 Å². The van der Waals surface area contributed by atoms with E-state index < -0.39 is 0 Å². The maximum absolute atomic E-state index is 11.8. The molecule has 5 rings (SSSR count). The fourth-order valence-electron chi connectivity index (χ4n) is 7.72. The summed E-state index contributed by atoms with van der Waals surface area (Å²) < 4.78 is 6.40. The van der Waals surface area contributed by atoms with Crippen LogP contribution >= 0.6 is 0 Å². The van der Waals surface area contributed by atoms with E-state index in [0.29, 0.717) is 17.1 Å². The van der Waals surface area contributed by atoms with Gasteiger partial charge in [0.15, 0.2) is 5.78 Å². The molecule has 6 atom stereocenters. The Morgan fingerprint density at radius 1 is 1.12 bits per heavy atom. The predicted octanol–water partition coefficient (Wildman–Crippen LogP) is 5.65. The topological polar surface area (TPSA) is 26.3 Å². The largest absolute Gasteiger partial charge is 0.366 e. The fourth-order valence-corrected chi connectivity index (χ4v) is 7.72. The number of ketones is 1. The number of carbonyl (C=O) groups excluding carboxylic acids is 1. The lowest BCUT2D eigenvalue weighted by Crippen LogP contribution is -2.53. The molecule has 0 amide bonds. The molecular formula is C24H34O2. The van der Waals surface area contributed by atoms with Crippen LogP contribution in [0, 0.1) is 29.1 Å². The third kappa shape index (κ3) is 2.37. The predicted molar refractivity (Wildman–Crippen MR) is 106 cm³/mol. The highest BCUT2D eigenvalue weighted by molar-refractivity contribution is 5.91. The van der Waals surface area contributed by atoms with Crippen molar-refractivity contribution in [3.05, 3.63) is 37.0 Å². The van der Waals surface area contributed by atoms with Gasteiger partial charge in [0.05, 0.1) is 12.2 Å². The molecule has 0 radical (unpaired) electrons. The van der Waals surface area contributed by atoms with Crippen molar-refractivity contribution in [2.45, 2.75) is 70.3 Å². The third-order valence-corrected chi connectivity index (χ3v) is 8.63. The first-order chi connectivity index (χ1) is 12.7. The van der Waals surface area contributed by atoms with E-state index in [0.717, 1.165) is 37.2 Å². The number of hydrogen-bond acceptors (Lipinski definition) is 2. The monoisotopic (exact) mass is 354 g/mol. The van der Waals surface area contributed by atoms with Gasteiger partial charge in [-0.3, -0.25) is 4.79 Å². The molecule has 0 saturated heterocycles. The summed E-state index contributed by atoms with van der Waals surface area (Å²) in [5.74, 6) is 3.63. The maximum atomic E-state index is 11.8. The Balaban J connectivity index is 0.000000814. The molecule has 2 nitrogen and oxygen atoms in total. The number of fused-ring (bicyclic) bond motifs is 6. The first-order valence-corrected chi connectivity index (χ1v) is 10.7. The quantitative estimate of drug-likeness (QED) is 0.569. The van der Waals surface area contributed by atoms with E-state index in [-0.39, 0.29) is 5.60 Å². The van der Waals surface area contributed by atoms with Gasteiger partial charge in [-0.2, -0.15) is 0 Å².